The molecule has 10 heteroatoms. The lowest BCUT2D eigenvalue weighted by Crippen LogP contribution is -2.20. The highest BCUT2D eigenvalue weighted by molar-refractivity contribution is 6.35. The number of benzene rings is 4. The molecule has 0 radical (unpaired) electrons. The molecule has 4 aromatic rings. The number of hydrogen-bond donors (Lipinski definition) is 6. The molecule has 278 valence electrons. The molecule has 0 spiro atoms. The molecular weight excluding hydrogens is 684 g/mol. The van der Waals surface area contributed by atoms with Gasteiger partial charge in [-0.2, -0.15) is 0 Å². The first-order valence-electron chi connectivity index (χ1n) is 17.6. The van der Waals surface area contributed by atoms with E-state index in [2.05, 4.69) is 10.6 Å². The van der Waals surface area contributed by atoms with E-state index in [4.69, 9.17) is 9.47 Å². The van der Waals surface area contributed by atoms with Crippen LogP contribution < -0.4 is 20.1 Å². The highest BCUT2D eigenvalue weighted by atomic mass is 16.5. The molecule has 4 aromatic carbocycles. The molecule has 0 aliphatic heterocycles. The fourth-order valence-corrected chi connectivity index (χ4v) is 7.36. The molecule has 0 aromatic heterocycles. The Bertz CT molecular complexity index is 2200. The molecule has 0 bridgehead atoms. The van der Waals surface area contributed by atoms with Gasteiger partial charge in [-0.3, -0.25) is 9.59 Å². The van der Waals surface area contributed by atoms with Crippen LogP contribution in [-0.4, -0.2) is 46.2 Å². The first kappa shape index (κ1) is 37.3. The molecule has 54 heavy (non-hydrogen) atoms. The Labute approximate surface area is 314 Å². The van der Waals surface area contributed by atoms with Crippen molar-refractivity contribution in [3.05, 3.63) is 118 Å². The maximum absolute atomic E-state index is 13.9. The van der Waals surface area contributed by atoms with Gasteiger partial charge in [0.05, 0.1) is 25.4 Å². The molecule has 6 rings (SSSR count). The number of hydrogen-bond acceptors (Lipinski definition) is 10. The Morgan fingerprint density at radius 3 is 1.28 bits per heavy atom. The number of methoxy groups -OCH3 is 2. The van der Waals surface area contributed by atoms with Crippen molar-refractivity contribution in [1.29, 1.82) is 0 Å². The lowest BCUT2D eigenvalue weighted by atomic mass is 9.75. The van der Waals surface area contributed by atoms with Gasteiger partial charge in [0, 0.05) is 69.3 Å². The lowest BCUT2D eigenvalue weighted by molar-refractivity contribution is -0.113. The second-order valence-corrected chi connectivity index (χ2v) is 14.0. The van der Waals surface area contributed by atoms with Gasteiger partial charge in [0.2, 0.25) is 11.6 Å². The van der Waals surface area contributed by atoms with Gasteiger partial charge in [0.25, 0.3) is 0 Å². The first-order valence-corrected chi connectivity index (χ1v) is 17.6. The second kappa shape index (κ2) is 14.5. The number of aliphatic hydroxyl groups is 2. The van der Waals surface area contributed by atoms with Crippen molar-refractivity contribution >= 4 is 45.2 Å². The highest BCUT2D eigenvalue weighted by Gasteiger charge is 2.38. The molecule has 0 saturated heterocycles. The Kier molecular flexibility index (Phi) is 10.1. The van der Waals surface area contributed by atoms with E-state index in [0.29, 0.717) is 56.3 Å². The third-order valence-corrected chi connectivity index (χ3v) is 9.86. The van der Waals surface area contributed by atoms with Crippen LogP contribution in [0.15, 0.2) is 84.6 Å². The van der Waals surface area contributed by atoms with E-state index >= 15 is 0 Å². The van der Waals surface area contributed by atoms with Crippen molar-refractivity contribution in [1.82, 2.24) is 0 Å². The summed E-state index contributed by atoms with van der Waals surface area (Å²) >= 11 is 0. The molecule has 10 nitrogen and oxygen atoms in total. The van der Waals surface area contributed by atoms with Gasteiger partial charge in [0.15, 0.2) is 11.5 Å². The van der Waals surface area contributed by atoms with Crippen LogP contribution in [0.1, 0.15) is 61.1 Å². The van der Waals surface area contributed by atoms with Gasteiger partial charge in [-0.1, -0.05) is 52.0 Å². The number of phenols is 2. The number of ketones is 2. The SMILES string of the molecule is COc1cccc(N/C=C2\C(=O)C(O)=C(C(C)C)c3cc(C)c(-c4c(C)cc5c(c4O)/C(=C\Nc4cccc(OC)c4)C(=O)C(O)=C5C(C)C)c(O)c32)c1. The molecule has 0 saturated carbocycles. The van der Waals surface area contributed by atoms with Crippen LogP contribution in [-0.2, 0) is 9.59 Å². The molecule has 0 heterocycles. The third-order valence-electron chi connectivity index (χ3n) is 9.86. The fraction of sp³-hybridized carbons (Fsp3) is 0.227. The minimum absolute atomic E-state index is 0.0109. The van der Waals surface area contributed by atoms with Gasteiger partial charge in [0.1, 0.15) is 23.0 Å². The van der Waals surface area contributed by atoms with Crippen molar-refractivity contribution < 1.29 is 39.5 Å². The van der Waals surface area contributed by atoms with Gasteiger partial charge in [-0.25, -0.2) is 0 Å². The van der Waals surface area contributed by atoms with Crippen molar-refractivity contribution in [3.8, 4) is 34.1 Å². The third kappa shape index (κ3) is 6.33. The zero-order valence-corrected chi connectivity index (χ0v) is 31.5. The van der Waals surface area contributed by atoms with E-state index in [9.17, 15) is 30.0 Å². The Hall–Kier alpha value is -6.42. The number of carbonyl (C=O) groups is 2. The number of carbonyl (C=O) groups excluding carboxylic acids is 2. The number of fused-ring (bicyclic) bond motifs is 2. The van der Waals surface area contributed by atoms with E-state index in [1.165, 1.54) is 12.4 Å². The molecular formula is C44H44N2O8. The Morgan fingerprint density at radius 1 is 0.574 bits per heavy atom. The van der Waals surface area contributed by atoms with Gasteiger partial charge >= 0.3 is 0 Å². The van der Waals surface area contributed by atoms with Gasteiger partial charge in [-0.15, -0.1) is 0 Å². The standard InChI is InChI=1S/C44H44N2O8/c1-21(2)33-29-15-23(5)35(41(49)37(29)31(39(47)43(33)51)19-45-25-11-9-13-27(17-25)53-7)36-24(6)16-30-34(22(3)4)44(52)40(48)32(38(30)42(36)50)20-46-26-12-10-14-28(18-26)54-8/h9-22,45-46,49-52H,1-8H3/b31-19-,32-20+. The van der Waals surface area contributed by atoms with E-state index in [-0.39, 0.29) is 56.7 Å². The summed E-state index contributed by atoms with van der Waals surface area (Å²) in [6, 6.07) is 17.7. The van der Waals surface area contributed by atoms with Crippen LogP contribution in [0.2, 0.25) is 0 Å². The molecule has 2 aliphatic carbocycles. The van der Waals surface area contributed by atoms with Crippen LogP contribution in [0.5, 0.6) is 23.0 Å². The van der Waals surface area contributed by atoms with Crippen molar-refractivity contribution in [3.63, 3.8) is 0 Å². The average molecular weight is 729 g/mol. The number of aromatic hydroxyl groups is 2. The van der Waals surface area contributed by atoms with E-state index in [0.717, 1.165) is 0 Å². The number of rotatable bonds is 9. The van der Waals surface area contributed by atoms with Crippen molar-refractivity contribution in [2.45, 2.75) is 41.5 Å². The Morgan fingerprint density at radius 2 is 0.944 bits per heavy atom. The summed E-state index contributed by atoms with van der Waals surface area (Å²) in [4.78, 5) is 27.8. The van der Waals surface area contributed by atoms with E-state index < -0.39 is 23.1 Å². The van der Waals surface area contributed by atoms with Crippen molar-refractivity contribution in [2.24, 2.45) is 11.8 Å². The summed E-state index contributed by atoms with van der Waals surface area (Å²) in [5.41, 5.74) is 4.90. The fourth-order valence-electron chi connectivity index (χ4n) is 7.36. The highest BCUT2D eigenvalue weighted by Crippen LogP contribution is 2.53. The van der Waals surface area contributed by atoms with Crippen LogP contribution in [0, 0.1) is 25.7 Å². The predicted molar refractivity (Wildman–Crippen MR) is 213 cm³/mol. The number of nitrogens with one attached hydrogen (secondary N) is 2. The largest absolute Gasteiger partial charge is 0.507 e. The number of Topliss-reactive ketones (excluding diaryl/α,β-unsaturated/α-hetero) is 2. The molecule has 0 atom stereocenters. The monoisotopic (exact) mass is 728 g/mol. The van der Waals surface area contributed by atoms with Crippen LogP contribution in [0.4, 0.5) is 11.4 Å². The Balaban J connectivity index is 1.61. The summed E-state index contributed by atoms with van der Waals surface area (Å²) in [5, 5.41) is 53.4. The first-order chi connectivity index (χ1) is 25.7. The van der Waals surface area contributed by atoms with E-state index in [1.54, 1.807) is 88.7 Å². The zero-order chi connectivity index (χ0) is 39.2. The number of aryl methyl sites for hydroxylation is 2. The van der Waals surface area contributed by atoms with Crippen molar-refractivity contribution in [2.75, 3.05) is 24.9 Å². The summed E-state index contributed by atoms with van der Waals surface area (Å²) < 4.78 is 10.7. The second-order valence-electron chi connectivity index (χ2n) is 14.0. The maximum Gasteiger partial charge on any atom is 0.229 e. The maximum atomic E-state index is 13.9. The number of ether oxygens (including phenoxy) is 2. The van der Waals surface area contributed by atoms with E-state index in [1.807, 2.05) is 27.7 Å². The number of aliphatic hydroxyl groups excluding tert-OH is 2. The summed E-state index contributed by atoms with van der Waals surface area (Å²) in [7, 11) is 3.09. The summed E-state index contributed by atoms with van der Waals surface area (Å²) in [5.74, 6) is -2.15. The summed E-state index contributed by atoms with van der Waals surface area (Å²) in [6.45, 7) is 11.0. The molecule has 0 amide bonds. The minimum atomic E-state index is -0.681. The van der Waals surface area contributed by atoms with Crippen LogP contribution in [0.25, 0.3) is 33.4 Å². The average Bonchev–Trinajstić information content (AvgIpc) is 3.13. The number of phenolic OH excluding ortho intramolecular Hbond substituents is 2. The minimum Gasteiger partial charge on any atom is -0.507 e. The zero-order valence-electron chi connectivity index (χ0n) is 31.5. The molecule has 0 fully saturated rings. The smallest absolute Gasteiger partial charge is 0.229 e. The molecule has 2 aliphatic rings. The summed E-state index contributed by atoms with van der Waals surface area (Å²) in [6.07, 6.45) is 2.88. The molecule has 6 N–H and O–H groups in total. The predicted octanol–water partition coefficient (Wildman–Crippen LogP) is 9.32. The lowest BCUT2D eigenvalue weighted by Gasteiger charge is -2.29. The number of anilines is 2. The molecule has 0 unspecified atom stereocenters. The van der Waals surface area contributed by atoms with Gasteiger partial charge in [-0.05, 0) is 72.2 Å². The normalized spacial score (nSPS) is 15.7. The number of allylic oxidation sites excluding steroid dienone is 4. The quantitative estimate of drug-likeness (QED) is 0.0918. The van der Waals surface area contributed by atoms with Crippen LogP contribution >= 0.6 is 0 Å². The van der Waals surface area contributed by atoms with Crippen LogP contribution in [0.3, 0.4) is 0 Å². The van der Waals surface area contributed by atoms with Gasteiger partial charge < -0.3 is 40.5 Å². The topological polar surface area (TPSA) is 158 Å².